The Labute approximate surface area is 61.5 Å². The van der Waals surface area contributed by atoms with Gasteiger partial charge in [0, 0.05) is 5.92 Å². The maximum atomic E-state index is 9.44. The predicted molar refractivity (Wildman–Crippen MR) is 38.9 cm³/mol. The average Bonchev–Trinajstić information content (AvgIpc) is 2.00. The number of nitrogens with zero attached hydrogens (tertiary/aromatic N) is 1. The van der Waals surface area contributed by atoms with Crippen LogP contribution in [0.1, 0.15) is 26.7 Å². The van der Waals surface area contributed by atoms with Gasteiger partial charge in [-0.25, -0.2) is 0 Å². The van der Waals surface area contributed by atoms with Crippen molar-refractivity contribution in [3.05, 3.63) is 0 Å². The minimum atomic E-state index is -0.949. The van der Waals surface area contributed by atoms with Gasteiger partial charge in [0.05, 0.1) is 0 Å². The van der Waals surface area contributed by atoms with Crippen molar-refractivity contribution in [3.63, 3.8) is 0 Å². The second kappa shape index (κ2) is 3.93. The first kappa shape index (κ1) is 9.01. The molecule has 1 N–H and O–H groups in total. The molecule has 0 aliphatic rings. The molecule has 0 heterocycles. The first-order valence-electron chi connectivity index (χ1n) is 3.32. The highest BCUT2D eigenvalue weighted by Crippen LogP contribution is 2.11. The lowest BCUT2D eigenvalue weighted by atomic mass is 9.99. The standard InChI is InChI=1S/C8H11NO/c1-3-8(10,4-2)6-5-7-9/h10H,3-4H2,1-2H3. The van der Waals surface area contributed by atoms with Crippen molar-refractivity contribution < 1.29 is 5.11 Å². The Morgan fingerprint density at radius 3 is 2.20 bits per heavy atom. The molecule has 2 nitrogen and oxygen atoms in total. The number of aliphatic hydroxyl groups is 1. The highest BCUT2D eigenvalue weighted by atomic mass is 16.3. The normalized spacial score (nSPS) is 9.40. The van der Waals surface area contributed by atoms with Crippen molar-refractivity contribution >= 4 is 0 Å². The van der Waals surface area contributed by atoms with E-state index >= 15 is 0 Å². The van der Waals surface area contributed by atoms with E-state index in [9.17, 15) is 5.11 Å². The molecule has 0 saturated heterocycles. The molecule has 0 spiro atoms. The average molecular weight is 137 g/mol. The molecular weight excluding hydrogens is 126 g/mol. The Balaban J connectivity index is 4.23. The van der Waals surface area contributed by atoms with Crippen LogP contribution >= 0.6 is 0 Å². The molecule has 0 radical (unpaired) electrons. The van der Waals surface area contributed by atoms with Gasteiger partial charge in [0.25, 0.3) is 0 Å². The van der Waals surface area contributed by atoms with Gasteiger partial charge in [-0.05, 0) is 12.8 Å². The Hall–Kier alpha value is -0.990. The molecule has 0 aromatic rings. The summed E-state index contributed by atoms with van der Waals surface area (Å²) in [6.07, 6.45) is 1.14. The van der Waals surface area contributed by atoms with E-state index in [1.807, 2.05) is 13.8 Å². The monoisotopic (exact) mass is 137 g/mol. The summed E-state index contributed by atoms with van der Waals surface area (Å²) in [5.41, 5.74) is -0.949. The lowest BCUT2D eigenvalue weighted by Crippen LogP contribution is -2.23. The third-order valence-corrected chi connectivity index (χ3v) is 1.52. The zero-order valence-electron chi connectivity index (χ0n) is 6.31. The van der Waals surface area contributed by atoms with Crippen molar-refractivity contribution in [2.45, 2.75) is 32.3 Å². The van der Waals surface area contributed by atoms with E-state index in [1.165, 1.54) is 0 Å². The summed E-state index contributed by atoms with van der Waals surface area (Å²) in [5.74, 6) is 4.69. The summed E-state index contributed by atoms with van der Waals surface area (Å²) in [5, 5.41) is 17.5. The summed E-state index contributed by atoms with van der Waals surface area (Å²) >= 11 is 0. The minimum Gasteiger partial charge on any atom is -0.378 e. The van der Waals surface area contributed by atoms with Crippen molar-refractivity contribution in [3.8, 4) is 17.9 Å². The van der Waals surface area contributed by atoms with E-state index in [-0.39, 0.29) is 0 Å². The van der Waals surface area contributed by atoms with Gasteiger partial charge >= 0.3 is 0 Å². The lowest BCUT2D eigenvalue weighted by Gasteiger charge is -2.16. The third-order valence-electron chi connectivity index (χ3n) is 1.52. The molecule has 0 bridgehead atoms. The topological polar surface area (TPSA) is 44.0 Å². The van der Waals surface area contributed by atoms with Gasteiger partial charge in [0.15, 0.2) is 6.07 Å². The second-order valence-electron chi connectivity index (χ2n) is 2.10. The smallest absolute Gasteiger partial charge is 0.152 e. The summed E-state index contributed by atoms with van der Waals surface area (Å²) in [6.45, 7) is 3.69. The zero-order chi connectivity index (χ0) is 8.04. The van der Waals surface area contributed by atoms with Gasteiger partial charge in [-0.3, -0.25) is 0 Å². The maximum absolute atomic E-state index is 9.44. The Morgan fingerprint density at radius 1 is 1.40 bits per heavy atom. The highest BCUT2D eigenvalue weighted by Gasteiger charge is 2.17. The fraction of sp³-hybridized carbons (Fsp3) is 0.625. The van der Waals surface area contributed by atoms with Gasteiger partial charge in [-0.15, -0.1) is 0 Å². The van der Waals surface area contributed by atoms with Crippen molar-refractivity contribution in [2.24, 2.45) is 0 Å². The largest absolute Gasteiger partial charge is 0.378 e. The van der Waals surface area contributed by atoms with E-state index in [0.29, 0.717) is 12.8 Å². The number of rotatable bonds is 2. The molecule has 0 aliphatic heterocycles. The van der Waals surface area contributed by atoms with E-state index in [2.05, 4.69) is 11.8 Å². The maximum Gasteiger partial charge on any atom is 0.152 e. The minimum absolute atomic E-state index is 0.568. The molecule has 2 heteroatoms. The van der Waals surface area contributed by atoms with E-state index in [0.717, 1.165) is 0 Å². The number of hydrogen-bond acceptors (Lipinski definition) is 2. The molecule has 0 saturated carbocycles. The van der Waals surface area contributed by atoms with Crippen molar-refractivity contribution in [2.75, 3.05) is 0 Å². The van der Waals surface area contributed by atoms with E-state index < -0.39 is 5.60 Å². The van der Waals surface area contributed by atoms with Crippen LogP contribution in [0.3, 0.4) is 0 Å². The van der Waals surface area contributed by atoms with Gasteiger partial charge in [0.1, 0.15) is 5.60 Å². The first-order chi connectivity index (χ1) is 4.68. The lowest BCUT2D eigenvalue weighted by molar-refractivity contribution is 0.0931. The van der Waals surface area contributed by atoms with Gasteiger partial charge < -0.3 is 5.11 Å². The van der Waals surface area contributed by atoms with Crippen LogP contribution in [-0.4, -0.2) is 10.7 Å². The van der Waals surface area contributed by atoms with Gasteiger partial charge in [-0.1, -0.05) is 19.8 Å². The molecule has 0 unspecified atom stereocenters. The van der Waals surface area contributed by atoms with Crippen LogP contribution in [0.15, 0.2) is 0 Å². The van der Waals surface area contributed by atoms with Crippen LogP contribution in [0.4, 0.5) is 0 Å². The van der Waals surface area contributed by atoms with Gasteiger partial charge in [-0.2, -0.15) is 5.26 Å². The molecule has 0 amide bonds. The molecule has 0 rings (SSSR count). The number of nitriles is 1. The van der Waals surface area contributed by atoms with Crippen LogP contribution in [0, 0.1) is 23.2 Å². The van der Waals surface area contributed by atoms with Crippen molar-refractivity contribution in [1.29, 1.82) is 5.26 Å². The second-order valence-corrected chi connectivity index (χ2v) is 2.10. The molecule has 54 valence electrons. The third kappa shape index (κ3) is 2.53. The Kier molecular flexibility index (Phi) is 3.54. The van der Waals surface area contributed by atoms with Crippen LogP contribution < -0.4 is 0 Å². The predicted octanol–water partition coefficient (Wildman–Crippen LogP) is 1.06. The quantitative estimate of drug-likeness (QED) is 0.578. The zero-order valence-corrected chi connectivity index (χ0v) is 6.31. The first-order valence-corrected chi connectivity index (χ1v) is 3.32. The molecular formula is C8H11NO. The fourth-order valence-electron chi connectivity index (χ4n) is 0.571. The Morgan fingerprint density at radius 2 is 1.90 bits per heavy atom. The molecule has 10 heavy (non-hydrogen) atoms. The summed E-state index contributed by atoms with van der Waals surface area (Å²) < 4.78 is 0. The molecule has 0 fully saturated rings. The highest BCUT2D eigenvalue weighted by molar-refractivity contribution is 5.23. The summed E-state index contributed by atoms with van der Waals surface area (Å²) in [6, 6.07) is 1.67. The molecule has 0 atom stereocenters. The van der Waals surface area contributed by atoms with E-state index in [4.69, 9.17) is 5.26 Å². The number of hydrogen-bond donors (Lipinski definition) is 1. The SMILES string of the molecule is CCC(O)(C#CC#N)CC. The molecule has 0 aliphatic carbocycles. The fourth-order valence-corrected chi connectivity index (χ4v) is 0.571. The van der Waals surface area contributed by atoms with Gasteiger partial charge in [0.2, 0.25) is 0 Å². The molecule has 0 aromatic heterocycles. The summed E-state index contributed by atoms with van der Waals surface area (Å²) in [7, 11) is 0. The van der Waals surface area contributed by atoms with E-state index in [1.54, 1.807) is 6.07 Å². The Bertz CT molecular complexity index is 188. The van der Waals surface area contributed by atoms with Crippen LogP contribution in [0.25, 0.3) is 0 Å². The van der Waals surface area contributed by atoms with Crippen LogP contribution in [-0.2, 0) is 0 Å². The summed E-state index contributed by atoms with van der Waals surface area (Å²) in [4.78, 5) is 0. The van der Waals surface area contributed by atoms with Crippen LogP contribution in [0.2, 0.25) is 0 Å². The molecule has 0 aromatic carbocycles. The van der Waals surface area contributed by atoms with Crippen molar-refractivity contribution in [1.82, 2.24) is 0 Å². The van der Waals surface area contributed by atoms with Crippen LogP contribution in [0.5, 0.6) is 0 Å².